The minimum absolute atomic E-state index is 0.452. The van der Waals surface area contributed by atoms with Gasteiger partial charge in [-0.2, -0.15) is 0 Å². The van der Waals surface area contributed by atoms with E-state index in [1.165, 1.54) is 65.0 Å². The highest BCUT2D eigenvalue weighted by atomic mass is 15.2. The smallest absolute Gasteiger partial charge is 0.0109 e. The monoisotopic (exact) mass is 225 g/mol. The fourth-order valence-corrected chi connectivity index (χ4v) is 3.05. The summed E-state index contributed by atoms with van der Waals surface area (Å²) >= 11 is 0. The molecule has 2 aliphatic heterocycles. The molecule has 16 heavy (non-hydrogen) atoms. The van der Waals surface area contributed by atoms with Crippen molar-refractivity contribution < 1.29 is 0 Å². The van der Waals surface area contributed by atoms with E-state index in [1.54, 1.807) is 0 Å². The highest BCUT2D eigenvalue weighted by molar-refractivity contribution is 4.82. The first kappa shape index (κ1) is 12.3. The van der Waals surface area contributed by atoms with Crippen molar-refractivity contribution in [3.05, 3.63) is 0 Å². The molecule has 2 N–H and O–H groups in total. The number of piperidine rings is 1. The molecular weight excluding hydrogens is 198 g/mol. The number of hydrogen-bond acceptors (Lipinski definition) is 3. The predicted molar refractivity (Wildman–Crippen MR) is 68.5 cm³/mol. The van der Waals surface area contributed by atoms with Crippen LogP contribution in [0, 0.1) is 5.92 Å². The van der Waals surface area contributed by atoms with Gasteiger partial charge >= 0.3 is 0 Å². The quantitative estimate of drug-likeness (QED) is 0.779. The number of hydrogen-bond donors (Lipinski definition) is 1. The zero-order valence-electron chi connectivity index (χ0n) is 10.7. The molecule has 2 saturated heterocycles. The van der Waals surface area contributed by atoms with Gasteiger partial charge < -0.3 is 15.5 Å². The maximum atomic E-state index is 6.13. The third-order valence-corrected chi connectivity index (χ3v) is 4.33. The largest absolute Gasteiger partial charge is 0.327 e. The Balaban J connectivity index is 1.69. The van der Waals surface area contributed by atoms with Gasteiger partial charge in [-0.05, 0) is 44.8 Å². The fraction of sp³-hybridized carbons (Fsp3) is 1.00. The second-order valence-electron chi connectivity index (χ2n) is 5.47. The topological polar surface area (TPSA) is 32.5 Å². The number of rotatable bonds is 4. The van der Waals surface area contributed by atoms with E-state index in [0.29, 0.717) is 6.04 Å². The third-order valence-electron chi connectivity index (χ3n) is 4.33. The van der Waals surface area contributed by atoms with Crippen LogP contribution in [0.4, 0.5) is 0 Å². The van der Waals surface area contributed by atoms with Crippen molar-refractivity contribution in [1.29, 1.82) is 0 Å². The van der Waals surface area contributed by atoms with Crippen LogP contribution in [-0.2, 0) is 0 Å². The first-order chi connectivity index (χ1) is 7.79. The van der Waals surface area contributed by atoms with Gasteiger partial charge in [-0.3, -0.25) is 0 Å². The Morgan fingerprint density at radius 1 is 1.06 bits per heavy atom. The molecule has 2 atom stereocenters. The molecule has 0 bridgehead atoms. The molecule has 2 rings (SSSR count). The van der Waals surface area contributed by atoms with Gasteiger partial charge in [0.15, 0.2) is 0 Å². The Labute approximate surface area is 100.0 Å². The lowest BCUT2D eigenvalue weighted by Crippen LogP contribution is -2.48. The van der Waals surface area contributed by atoms with Gasteiger partial charge in [-0.15, -0.1) is 0 Å². The van der Waals surface area contributed by atoms with Crippen molar-refractivity contribution in [3.8, 4) is 0 Å². The first-order valence-corrected chi connectivity index (χ1v) is 7.00. The lowest BCUT2D eigenvalue weighted by molar-refractivity contribution is 0.137. The molecule has 94 valence electrons. The van der Waals surface area contributed by atoms with E-state index in [-0.39, 0.29) is 0 Å². The molecule has 0 aromatic carbocycles. The highest BCUT2D eigenvalue weighted by Crippen LogP contribution is 2.18. The second-order valence-corrected chi connectivity index (χ2v) is 5.47. The maximum absolute atomic E-state index is 6.13. The summed E-state index contributed by atoms with van der Waals surface area (Å²) in [6.07, 6.45) is 5.24. The number of nitrogens with two attached hydrogens (primary N) is 1. The van der Waals surface area contributed by atoms with Crippen LogP contribution in [-0.4, -0.2) is 55.1 Å². The van der Waals surface area contributed by atoms with E-state index in [4.69, 9.17) is 5.73 Å². The summed E-state index contributed by atoms with van der Waals surface area (Å²) in [5.41, 5.74) is 6.13. The standard InChI is InChI=1S/C13H27N3/c1-2-12-11-16(8-5-13(12)14)10-9-15-6-3-4-7-15/h12-13H,2-11,14H2,1H3. The molecule has 0 radical (unpaired) electrons. The van der Waals surface area contributed by atoms with Gasteiger partial charge in [0.05, 0.1) is 0 Å². The van der Waals surface area contributed by atoms with Crippen molar-refractivity contribution in [3.63, 3.8) is 0 Å². The van der Waals surface area contributed by atoms with E-state index in [0.717, 1.165) is 5.92 Å². The molecule has 2 unspecified atom stereocenters. The molecule has 0 amide bonds. The maximum Gasteiger partial charge on any atom is 0.0109 e. The van der Waals surface area contributed by atoms with Crippen LogP contribution in [0.25, 0.3) is 0 Å². The van der Waals surface area contributed by atoms with Crippen molar-refractivity contribution in [2.24, 2.45) is 11.7 Å². The molecule has 2 heterocycles. The fourth-order valence-electron chi connectivity index (χ4n) is 3.05. The molecule has 0 spiro atoms. The molecule has 3 heteroatoms. The summed E-state index contributed by atoms with van der Waals surface area (Å²) in [6, 6.07) is 0.452. The summed E-state index contributed by atoms with van der Waals surface area (Å²) in [5.74, 6) is 0.729. The molecule has 0 aliphatic carbocycles. The second kappa shape index (κ2) is 5.99. The summed E-state index contributed by atoms with van der Waals surface area (Å²) in [7, 11) is 0. The van der Waals surface area contributed by atoms with E-state index < -0.39 is 0 Å². The van der Waals surface area contributed by atoms with Crippen LogP contribution in [0.15, 0.2) is 0 Å². The predicted octanol–water partition coefficient (Wildman–Crippen LogP) is 1.14. The molecule has 3 nitrogen and oxygen atoms in total. The van der Waals surface area contributed by atoms with Crippen LogP contribution < -0.4 is 5.73 Å². The first-order valence-electron chi connectivity index (χ1n) is 7.00. The van der Waals surface area contributed by atoms with Gasteiger partial charge in [-0.25, -0.2) is 0 Å². The Kier molecular flexibility index (Phi) is 4.62. The summed E-state index contributed by atoms with van der Waals surface area (Å²) < 4.78 is 0. The van der Waals surface area contributed by atoms with Crippen molar-refractivity contribution in [1.82, 2.24) is 9.80 Å². The Bertz CT molecular complexity index is 201. The highest BCUT2D eigenvalue weighted by Gasteiger charge is 2.25. The summed E-state index contributed by atoms with van der Waals surface area (Å²) in [6.45, 7) is 9.88. The van der Waals surface area contributed by atoms with Gasteiger partial charge in [-0.1, -0.05) is 13.3 Å². The van der Waals surface area contributed by atoms with Gasteiger partial charge in [0.1, 0.15) is 0 Å². The van der Waals surface area contributed by atoms with Gasteiger partial charge in [0.25, 0.3) is 0 Å². The normalized spacial score (nSPS) is 33.4. The lowest BCUT2D eigenvalue weighted by Gasteiger charge is -2.37. The molecule has 0 saturated carbocycles. The van der Waals surface area contributed by atoms with Crippen LogP contribution in [0.1, 0.15) is 32.6 Å². The van der Waals surface area contributed by atoms with Crippen LogP contribution >= 0.6 is 0 Å². The number of likely N-dealkylation sites (tertiary alicyclic amines) is 2. The molecule has 0 aromatic rings. The SMILES string of the molecule is CCC1CN(CCN2CCCC2)CCC1N. The summed E-state index contributed by atoms with van der Waals surface area (Å²) in [4.78, 5) is 5.23. The average Bonchev–Trinajstić information content (AvgIpc) is 2.81. The summed E-state index contributed by atoms with van der Waals surface area (Å²) in [5, 5.41) is 0. The zero-order chi connectivity index (χ0) is 11.4. The minimum atomic E-state index is 0.452. The minimum Gasteiger partial charge on any atom is -0.327 e. The molecular formula is C13H27N3. The van der Waals surface area contributed by atoms with Crippen LogP contribution in [0.5, 0.6) is 0 Å². The lowest BCUT2D eigenvalue weighted by atomic mass is 9.91. The molecule has 2 aliphatic rings. The van der Waals surface area contributed by atoms with Gasteiger partial charge in [0, 0.05) is 25.7 Å². The third kappa shape index (κ3) is 3.19. The van der Waals surface area contributed by atoms with E-state index in [2.05, 4.69) is 16.7 Å². The zero-order valence-corrected chi connectivity index (χ0v) is 10.7. The van der Waals surface area contributed by atoms with E-state index in [9.17, 15) is 0 Å². The van der Waals surface area contributed by atoms with E-state index in [1.807, 2.05) is 0 Å². The Hall–Kier alpha value is -0.120. The van der Waals surface area contributed by atoms with Crippen molar-refractivity contribution in [2.45, 2.75) is 38.6 Å². The number of nitrogens with zero attached hydrogens (tertiary/aromatic N) is 2. The van der Waals surface area contributed by atoms with Crippen molar-refractivity contribution in [2.75, 3.05) is 39.3 Å². The Morgan fingerprint density at radius 3 is 2.44 bits per heavy atom. The van der Waals surface area contributed by atoms with E-state index >= 15 is 0 Å². The molecule has 2 fully saturated rings. The Morgan fingerprint density at radius 2 is 1.75 bits per heavy atom. The molecule has 0 aromatic heterocycles. The average molecular weight is 225 g/mol. The van der Waals surface area contributed by atoms with Crippen molar-refractivity contribution >= 4 is 0 Å². The van der Waals surface area contributed by atoms with Gasteiger partial charge in [0.2, 0.25) is 0 Å². The van der Waals surface area contributed by atoms with Crippen LogP contribution in [0.2, 0.25) is 0 Å². The van der Waals surface area contributed by atoms with Crippen LogP contribution in [0.3, 0.4) is 0 Å².